The molecule has 0 fully saturated rings. The highest BCUT2D eigenvalue weighted by Crippen LogP contribution is 2.30. The van der Waals surface area contributed by atoms with Crippen LogP contribution in [-0.2, 0) is 26.2 Å². The summed E-state index contributed by atoms with van der Waals surface area (Å²) in [5.74, 6) is -0.868. The predicted octanol–water partition coefficient (Wildman–Crippen LogP) is 4.09. The molecule has 2 rings (SSSR count). The van der Waals surface area contributed by atoms with E-state index in [2.05, 4.69) is 5.32 Å². The number of halogens is 2. The molecular weight excluding hydrogens is 485 g/mol. The third-order valence-electron chi connectivity index (χ3n) is 5.22. The number of benzene rings is 2. The van der Waals surface area contributed by atoms with E-state index in [1.807, 2.05) is 44.2 Å². The third kappa shape index (κ3) is 7.62. The Morgan fingerprint density at radius 3 is 2.27 bits per heavy atom. The molecule has 0 radical (unpaired) electrons. The quantitative estimate of drug-likeness (QED) is 0.518. The van der Waals surface area contributed by atoms with Gasteiger partial charge < -0.3 is 10.2 Å². The molecule has 0 aliphatic rings. The summed E-state index contributed by atoms with van der Waals surface area (Å²) in [5, 5.41) is 3.29. The van der Waals surface area contributed by atoms with Crippen molar-refractivity contribution in [3.63, 3.8) is 0 Å². The molecule has 0 spiro atoms. The minimum absolute atomic E-state index is 0.0635. The van der Waals surface area contributed by atoms with Crippen LogP contribution in [-0.4, -0.2) is 50.0 Å². The van der Waals surface area contributed by atoms with Crippen molar-refractivity contribution >= 4 is 50.7 Å². The molecule has 0 aliphatic carbocycles. The first-order chi connectivity index (χ1) is 15.4. The highest BCUT2D eigenvalue weighted by molar-refractivity contribution is 7.92. The van der Waals surface area contributed by atoms with Gasteiger partial charge >= 0.3 is 0 Å². The van der Waals surface area contributed by atoms with Gasteiger partial charge in [0.2, 0.25) is 21.8 Å². The van der Waals surface area contributed by atoms with E-state index < -0.39 is 28.5 Å². The molecule has 0 unspecified atom stereocenters. The minimum atomic E-state index is -3.89. The zero-order chi connectivity index (χ0) is 24.8. The number of sulfonamides is 1. The van der Waals surface area contributed by atoms with E-state index in [-0.39, 0.29) is 34.2 Å². The van der Waals surface area contributed by atoms with Gasteiger partial charge in [0.25, 0.3) is 0 Å². The number of anilines is 1. The van der Waals surface area contributed by atoms with Crippen molar-refractivity contribution in [2.45, 2.75) is 45.8 Å². The third-order valence-corrected chi connectivity index (χ3v) is 6.90. The average molecular weight is 514 g/mol. The molecule has 0 aliphatic heterocycles. The number of carbonyl (C=O) groups excluding carboxylic acids is 2. The lowest BCUT2D eigenvalue weighted by molar-refractivity contribution is -0.139. The normalized spacial score (nSPS) is 13.2. The van der Waals surface area contributed by atoms with Crippen molar-refractivity contribution in [1.82, 2.24) is 10.2 Å². The monoisotopic (exact) mass is 513 g/mol. The fraction of sp³-hybridized carbons (Fsp3) is 0.391. The highest BCUT2D eigenvalue weighted by Gasteiger charge is 2.31. The van der Waals surface area contributed by atoms with Gasteiger partial charge in [-0.25, -0.2) is 8.42 Å². The van der Waals surface area contributed by atoms with Gasteiger partial charge in [0.1, 0.15) is 12.6 Å². The predicted molar refractivity (Wildman–Crippen MR) is 133 cm³/mol. The topological polar surface area (TPSA) is 86.8 Å². The molecule has 2 aromatic rings. The lowest BCUT2D eigenvalue weighted by Crippen LogP contribution is -2.52. The van der Waals surface area contributed by atoms with Crippen LogP contribution in [0.15, 0.2) is 48.5 Å². The Morgan fingerprint density at radius 2 is 1.70 bits per heavy atom. The second-order valence-electron chi connectivity index (χ2n) is 7.87. The standard InChI is InChI=1S/C23H29Cl2N3O4S/c1-5-16(2)26-23(30)17(3)27(14-18-9-7-6-8-10-18)22(29)15-28(33(4,31)32)21-13-19(24)11-12-20(21)25/h6-13,16-17H,5,14-15H2,1-4H3,(H,26,30)/t16-,17-/m0/s1. The van der Waals surface area contributed by atoms with Crippen LogP contribution in [0.5, 0.6) is 0 Å². The molecule has 2 amide bonds. The molecule has 2 atom stereocenters. The molecule has 0 saturated carbocycles. The molecule has 10 heteroatoms. The molecule has 0 saturated heterocycles. The van der Waals surface area contributed by atoms with E-state index in [0.717, 1.165) is 22.5 Å². The van der Waals surface area contributed by atoms with E-state index in [4.69, 9.17) is 23.2 Å². The smallest absolute Gasteiger partial charge is 0.244 e. The molecule has 1 N–H and O–H groups in total. The zero-order valence-corrected chi connectivity index (χ0v) is 21.4. The average Bonchev–Trinajstić information content (AvgIpc) is 2.76. The van der Waals surface area contributed by atoms with Gasteiger partial charge in [-0.2, -0.15) is 0 Å². The summed E-state index contributed by atoms with van der Waals surface area (Å²) in [6.45, 7) is 5.04. The van der Waals surface area contributed by atoms with Crippen molar-refractivity contribution in [2.75, 3.05) is 17.1 Å². The van der Waals surface area contributed by atoms with Gasteiger partial charge in [-0.1, -0.05) is 60.5 Å². The molecule has 7 nitrogen and oxygen atoms in total. The van der Waals surface area contributed by atoms with Crippen molar-refractivity contribution in [3.05, 3.63) is 64.1 Å². The van der Waals surface area contributed by atoms with Crippen LogP contribution in [0, 0.1) is 0 Å². The van der Waals surface area contributed by atoms with Gasteiger partial charge in [-0.05, 0) is 44.0 Å². The summed E-state index contributed by atoms with van der Waals surface area (Å²) in [6.07, 6.45) is 1.72. The number of hydrogen-bond acceptors (Lipinski definition) is 4. The number of hydrogen-bond donors (Lipinski definition) is 1. The first-order valence-corrected chi connectivity index (χ1v) is 13.1. The van der Waals surface area contributed by atoms with Gasteiger partial charge in [0, 0.05) is 17.6 Å². The molecule has 2 aromatic carbocycles. The van der Waals surface area contributed by atoms with E-state index in [1.54, 1.807) is 6.92 Å². The SMILES string of the molecule is CC[C@H](C)NC(=O)[C@H](C)N(Cc1ccccc1)C(=O)CN(c1cc(Cl)ccc1Cl)S(C)(=O)=O. The van der Waals surface area contributed by atoms with Crippen LogP contribution < -0.4 is 9.62 Å². The minimum Gasteiger partial charge on any atom is -0.352 e. The molecule has 33 heavy (non-hydrogen) atoms. The first kappa shape index (κ1) is 27.0. The molecular formula is C23H29Cl2N3O4S. The van der Waals surface area contributed by atoms with Crippen LogP contribution in [0.4, 0.5) is 5.69 Å². The van der Waals surface area contributed by atoms with Crippen molar-refractivity contribution in [1.29, 1.82) is 0 Å². The van der Waals surface area contributed by atoms with E-state index in [0.29, 0.717) is 0 Å². The Labute approximate surface area is 205 Å². The van der Waals surface area contributed by atoms with Crippen molar-refractivity contribution in [3.8, 4) is 0 Å². The second-order valence-corrected chi connectivity index (χ2v) is 10.6. The van der Waals surface area contributed by atoms with Crippen molar-refractivity contribution < 1.29 is 18.0 Å². The van der Waals surface area contributed by atoms with Gasteiger partial charge in [-0.3, -0.25) is 13.9 Å². The summed E-state index contributed by atoms with van der Waals surface area (Å²) in [5.41, 5.74) is 0.900. The van der Waals surface area contributed by atoms with Crippen LogP contribution in [0.2, 0.25) is 10.0 Å². The number of carbonyl (C=O) groups is 2. The van der Waals surface area contributed by atoms with E-state index >= 15 is 0 Å². The van der Waals surface area contributed by atoms with Crippen molar-refractivity contribution in [2.24, 2.45) is 0 Å². The van der Waals surface area contributed by atoms with Gasteiger partial charge in [0.05, 0.1) is 17.0 Å². The summed E-state index contributed by atoms with van der Waals surface area (Å²) < 4.78 is 26.1. The van der Waals surface area contributed by atoms with Crippen LogP contribution >= 0.6 is 23.2 Å². The van der Waals surface area contributed by atoms with Crippen LogP contribution in [0.3, 0.4) is 0 Å². The maximum atomic E-state index is 13.4. The molecule has 0 aromatic heterocycles. The van der Waals surface area contributed by atoms with Gasteiger partial charge in [0.15, 0.2) is 0 Å². The molecule has 180 valence electrons. The lowest BCUT2D eigenvalue weighted by atomic mass is 10.1. The Morgan fingerprint density at radius 1 is 1.06 bits per heavy atom. The summed E-state index contributed by atoms with van der Waals surface area (Å²) >= 11 is 12.3. The summed E-state index contributed by atoms with van der Waals surface area (Å²) in [4.78, 5) is 27.6. The number of rotatable bonds is 10. The highest BCUT2D eigenvalue weighted by atomic mass is 35.5. The molecule has 0 heterocycles. The Hall–Kier alpha value is -2.29. The fourth-order valence-electron chi connectivity index (χ4n) is 3.10. The summed E-state index contributed by atoms with van der Waals surface area (Å²) in [7, 11) is -3.89. The maximum absolute atomic E-state index is 13.4. The first-order valence-electron chi connectivity index (χ1n) is 10.5. The van der Waals surface area contributed by atoms with E-state index in [1.165, 1.54) is 23.1 Å². The fourth-order valence-corrected chi connectivity index (χ4v) is 4.39. The Balaban J connectivity index is 2.40. The number of nitrogens with zero attached hydrogens (tertiary/aromatic N) is 2. The largest absolute Gasteiger partial charge is 0.352 e. The maximum Gasteiger partial charge on any atom is 0.244 e. The number of nitrogens with one attached hydrogen (secondary N) is 1. The van der Waals surface area contributed by atoms with Crippen LogP contribution in [0.25, 0.3) is 0 Å². The molecule has 0 bridgehead atoms. The Kier molecular flexibility index (Phi) is 9.57. The summed E-state index contributed by atoms with van der Waals surface area (Å²) in [6, 6.07) is 12.7. The second kappa shape index (κ2) is 11.7. The Bertz CT molecular complexity index is 1080. The van der Waals surface area contributed by atoms with Gasteiger partial charge in [-0.15, -0.1) is 0 Å². The van der Waals surface area contributed by atoms with E-state index in [9.17, 15) is 18.0 Å². The van der Waals surface area contributed by atoms with Crippen LogP contribution in [0.1, 0.15) is 32.8 Å². The number of amides is 2. The zero-order valence-electron chi connectivity index (χ0n) is 19.1. The lowest BCUT2D eigenvalue weighted by Gasteiger charge is -2.32.